The van der Waals surface area contributed by atoms with Gasteiger partial charge in [0.15, 0.2) is 0 Å². The number of nitrogens with zero attached hydrogens (tertiary/aromatic N) is 2. The van der Waals surface area contributed by atoms with Gasteiger partial charge in [-0.3, -0.25) is 4.90 Å². The van der Waals surface area contributed by atoms with Gasteiger partial charge in [-0.05, 0) is 24.5 Å². The van der Waals surface area contributed by atoms with Gasteiger partial charge in [-0.15, -0.1) is 0 Å². The summed E-state index contributed by atoms with van der Waals surface area (Å²) in [6, 6.07) is 10.3. The summed E-state index contributed by atoms with van der Waals surface area (Å²) in [6.07, 6.45) is 0.803. The minimum absolute atomic E-state index is 0.0438. The van der Waals surface area contributed by atoms with Gasteiger partial charge in [0.1, 0.15) is 5.75 Å². The molecule has 6 heteroatoms. The lowest BCUT2D eigenvalue weighted by molar-refractivity contribution is 0.0123. The lowest BCUT2D eigenvalue weighted by atomic mass is 10.0. The van der Waals surface area contributed by atoms with E-state index < -0.39 is 0 Å². The van der Waals surface area contributed by atoms with E-state index in [0.29, 0.717) is 25.1 Å². The quantitative estimate of drug-likeness (QED) is 0.798. The number of benzene rings is 1. The van der Waals surface area contributed by atoms with Gasteiger partial charge < -0.3 is 19.7 Å². The van der Waals surface area contributed by atoms with E-state index in [1.54, 1.807) is 0 Å². The first-order valence-corrected chi connectivity index (χ1v) is 9.26. The standard InChI is InChI=1S/C19H29N3O3/c1-16-14-22(15-18(16)21-9-12-24-13-10-21)19(23)20-8-5-11-25-17-6-3-2-4-7-17/h2-4,6-7,16,18H,5,8-15H2,1H3,(H,20,23)/t16-,18+/m0/s1. The number of carbonyl (C=O) groups excluding carboxylic acids is 1. The van der Waals surface area contributed by atoms with Gasteiger partial charge in [-0.25, -0.2) is 4.79 Å². The van der Waals surface area contributed by atoms with E-state index in [-0.39, 0.29) is 6.03 Å². The SMILES string of the molecule is C[C@H]1CN(C(=O)NCCCOc2ccccc2)C[C@H]1N1CCOCC1. The number of rotatable bonds is 6. The zero-order valence-electron chi connectivity index (χ0n) is 15.0. The Balaban J connectivity index is 1.34. The van der Waals surface area contributed by atoms with Crippen molar-refractivity contribution in [2.45, 2.75) is 19.4 Å². The highest BCUT2D eigenvalue weighted by atomic mass is 16.5. The van der Waals surface area contributed by atoms with Gasteiger partial charge in [0, 0.05) is 38.8 Å². The molecule has 138 valence electrons. The fourth-order valence-electron chi connectivity index (χ4n) is 3.59. The van der Waals surface area contributed by atoms with Crippen LogP contribution in [0.1, 0.15) is 13.3 Å². The Morgan fingerprint density at radius 1 is 1.24 bits per heavy atom. The summed E-state index contributed by atoms with van der Waals surface area (Å²) < 4.78 is 11.1. The number of likely N-dealkylation sites (tertiary alicyclic amines) is 1. The van der Waals surface area contributed by atoms with Crippen LogP contribution in [0.25, 0.3) is 0 Å². The van der Waals surface area contributed by atoms with Crippen molar-refractivity contribution >= 4 is 6.03 Å². The number of amides is 2. The van der Waals surface area contributed by atoms with E-state index in [4.69, 9.17) is 9.47 Å². The molecule has 0 unspecified atom stereocenters. The summed E-state index contributed by atoms with van der Waals surface area (Å²) in [4.78, 5) is 16.8. The van der Waals surface area contributed by atoms with Crippen LogP contribution in [0.4, 0.5) is 4.79 Å². The van der Waals surface area contributed by atoms with E-state index >= 15 is 0 Å². The third-order valence-corrected chi connectivity index (χ3v) is 4.98. The molecule has 2 aliphatic rings. The van der Waals surface area contributed by atoms with Gasteiger partial charge in [0.2, 0.25) is 0 Å². The smallest absolute Gasteiger partial charge is 0.317 e. The molecule has 1 N–H and O–H groups in total. The molecule has 2 amide bonds. The first-order chi connectivity index (χ1) is 12.2. The lowest BCUT2D eigenvalue weighted by Gasteiger charge is -2.33. The molecule has 0 radical (unpaired) electrons. The Morgan fingerprint density at radius 2 is 2.00 bits per heavy atom. The second-order valence-corrected chi connectivity index (χ2v) is 6.84. The second-order valence-electron chi connectivity index (χ2n) is 6.84. The molecule has 2 fully saturated rings. The van der Waals surface area contributed by atoms with Crippen LogP contribution < -0.4 is 10.1 Å². The predicted molar refractivity (Wildman–Crippen MR) is 96.9 cm³/mol. The van der Waals surface area contributed by atoms with Gasteiger partial charge in [0.25, 0.3) is 0 Å². The molecule has 2 heterocycles. The summed E-state index contributed by atoms with van der Waals surface area (Å²) in [5.74, 6) is 1.38. The van der Waals surface area contributed by atoms with Crippen LogP contribution in [0.2, 0.25) is 0 Å². The maximum Gasteiger partial charge on any atom is 0.317 e. The van der Waals surface area contributed by atoms with Gasteiger partial charge in [-0.1, -0.05) is 25.1 Å². The Hall–Kier alpha value is -1.79. The average molecular weight is 347 g/mol. The molecular weight excluding hydrogens is 318 g/mol. The van der Waals surface area contributed by atoms with Crippen LogP contribution in [-0.4, -0.2) is 74.4 Å². The molecule has 3 rings (SSSR count). The third-order valence-electron chi connectivity index (χ3n) is 4.98. The van der Waals surface area contributed by atoms with Crippen LogP contribution in [0.3, 0.4) is 0 Å². The molecule has 6 nitrogen and oxygen atoms in total. The Morgan fingerprint density at radius 3 is 2.76 bits per heavy atom. The van der Waals surface area contributed by atoms with Crippen molar-refractivity contribution in [1.82, 2.24) is 15.1 Å². The summed E-state index contributed by atoms with van der Waals surface area (Å²) in [5, 5.41) is 3.02. The zero-order valence-corrected chi connectivity index (χ0v) is 15.0. The number of carbonyl (C=O) groups is 1. The minimum Gasteiger partial charge on any atom is -0.494 e. The number of hydrogen-bond donors (Lipinski definition) is 1. The van der Waals surface area contributed by atoms with Crippen molar-refractivity contribution in [3.05, 3.63) is 30.3 Å². The Labute approximate surface area is 150 Å². The first kappa shape index (κ1) is 18.0. The van der Waals surface area contributed by atoms with Crippen molar-refractivity contribution in [2.75, 3.05) is 52.5 Å². The summed E-state index contributed by atoms with van der Waals surface area (Å²) in [6.45, 7) is 8.68. The van der Waals surface area contributed by atoms with Crippen LogP contribution in [0.15, 0.2) is 30.3 Å². The van der Waals surface area contributed by atoms with E-state index in [9.17, 15) is 4.79 Å². The molecule has 0 aromatic heterocycles. The first-order valence-electron chi connectivity index (χ1n) is 9.26. The van der Waals surface area contributed by atoms with Crippen molar-refractivity contribution in [3.8, 4) is 5.75 Å². The van der Waals surface area contributed by atoms with Crippen LogP contribution in [0.5, 0.6) is 5.75 Å². The molecule has 2 atom stereocenters. The van der Waals surface area contributed by atoms with Crippen LogP contribution in [0, 0.1) is 5.92 Å². The average Bonchev–Trinajstić information content (AvgIpc) is 3.05. The number of para-hydroxylation sites is 1. The topological polar surface area (TPSA) is 54.0 Å². The lowest BCUT2D eigenvalue weighted by Crippen LogP contribution is -2.47. The maximum absolute atomic E-state index is 12.4. The van der Waals surface area contributed by atoms with Crippen molar-refractivity contribution in [3.63, 3.8) is 0 Å². The number of urea groups is 1. The highest BCUT2D eigenvalue weighted by Gasteiger charge is 2.36. The predicted octanol–water partition coefficient (Wildman–Crippen LogP) is 1.82. The van der Waals surface area contributed by atoms with E-state index in [0.717, 1.165) is 51.6 Å². The molecule has 1 aromatic rings. The highest BCUT2D eigenvalue weighted by molar-refractivity contribution is 5.74. The summed E-state index contributed by atoms with van der Waals surface area (Å²) >= 11 is 0. The van der Waals surface area contributed by atoms with Crippen LogP contribution in [-0.2, 0) is 4.74 Å². The Bertz CT molecular complexity index is 534. The van der Waals surface area contributed by atoms with Crippen molar-refractivity contribution < 1.29 is 14.3 Å². The highest BCUT2D eigenvalue weighted by Crippen LogP contribution is 2.22. The summed E-state index contributed by atoms with van der Waals surface area (Å²) in [7, 11) is 0. The summed E-state index contributed by atoms with van der Waals surface area (Å²) in [5.41, 5.74) is 0. The normalized spacial score (nSPS) is 24.3. The molecule has 1 aromatic carbocycles. The Kier molecular flexibility index (Phi) is 6.53. The molecule has 2 aliphatic heterocycles. The second kappa shape index (κ2) is 9.06. The fraction of sp³-hybridized carbons (Fsp3) is 0.632. The molecular formula is C19H29N3O3. The minimum atomic E-state index is 0.0438. The van der Waals surface area contributed by atoms with Gasteiger partial charge in [-0.2, -0.15) is 0 Å². The van der Waals surface area contributed by atoms with E-state index in [1.807, 2.05) is 35.2 Å². The molecule has 0 aliphatic carbocycles. The van der Waals surface area contributed by atoms with Crippen molar-refractivity contribution in [1.29, 1.82) is 0 Å². The zero-order chi connectivity index (χ0) is 17.5. The van der Waals surface area contributed by atoms with Crippen molar-refractivity contribution in [2.24, 2.45) is 5.92 Å². The van der Waals surface area contributed by atoms with Gasteiger partial charge in [0.05, 0.1) is 19.8 Å². The third kappa shape index (κ3) is 5.09. The molecule has 0 bridgehead atoms. The monoisotopic (exact) mass is 347 g/mol. The number of hydrogen-bond acceptors (Lipinski definition) is 4. The van der Waals surface area contributed by atoms with Crippen LogP contribution >= 0.6 is 0 Å². The van der Waals surface area contributed by atoms with Gasteiger partial charge >= 0.3 is 6.03 Å². The molecule has 25 heavy (non-hydrogen) atoms. The molecule has 0 saturated carbocycles. The molecule has 0 spiro atoms. The van der Waals surface area contributed by atoms with E-state index in [2.05, 4.69) is 17.1 Å². The largest absolute Gasteiger partial charge is 0.494 e. The number of morpholine rings is 1. The maximum atomic E-state index is 12.4. The van der Waals surface area contributed by atoms with E-state index in [1.165, 1.54) is 0 Å². The number of nitrogens with one attached hydrogen (secondary N) is 1. The fourth-order valence-corrected chi connectivity index (χ4v) is 3.59. The number of ether oxygens (including phenoxy) is 2. The molecule has 2 saturated heterocycles.